The number of allylic oxidation sites excluding steroid dienone is 12. The molecule has 0 fully saturated rings. The fourth-order valence-corrected chi connectivity index (χ4v) is 10.4. The summed E-state index contributed by atoms with van der Waals surface area (Å²) in [5.74, 6) is -0.858. The number of rotatable bonds is 65. The van der Waals surface area contributed by atoms with E-state index in [9.17, 15) is 14.4 Å². The van der Waals surface area contributed by atoms with Gasteiger partial charge < -0.3 is 14.2 Å². The Morgan fingerprint density at radius 1 is 0.259 bits per heavy atom. The van der Waals surface area contributed by atoms with Crippen LogP contribution >= 0.6 is 0 Å². The van der Waals surface area contributed by atoms with E-state index in [2.05, 4.69) is 93.7 Å². The van der Waals surface area contributed by atoms with Gasteiger partial charge in [-0.15, -0.1) is 0 Å². The summed E-state index contributed by atoms with van der Waals surface area (Å²) in [4.78, 5) is 38.4. The number of carbonyl (C=O) groups is 3. The van der Waals surface area contributed by atoms with Crippen molar-refractivity contribution in [3.8, 4) is 0 Å². The molecule has 1 atom stereocenters. The van der Waals surface area contributed by atoms with Crippen molar-refractivity contribution in [2.24, 2.45) is 0 Å². The molecule has 0 aliphatic rings. The van der Waals surface area contributed by atoms with Crippen LogP contribution in [0.25, 0.3) is 0 Å². The Hall–Kier alpha value is -3.15. The lowest BCUT2D eigenvalue weighted by molar-refractivity contribution is -0.167. The monoisotopic (exact) mass is 1130 g/mol. The van der Waals surface area contributed by atoms with Crippen LogP contribution < -0.4 is 0 Å². The van der Waals surface area contributed by atoms with Gasteiger partial charge in [-0.3, -0.25) is 14.4 Å². The van der Waals surface area contributed by atoms with Gasteiger partial charge in [0.2, 0.25) is 0 Å². The smallest absolute Gasteiger partial charge is 0.306 e. The van der Waals surface area contributed by atoms with Crippen molar-refractivity contribution < 1.29 is 28.6 Å². The summed E-state index contributed by atoms with van der Waals surface area (Å²) in [6.07, 6.45) is 90.8. The van der Waals surface area contributed by atoms with Crippen molar-refractivity contribution in [1.29, 1.82) is 0 Å². The summed E-state index contributed by atoms with van der Waals surface area (Å²) in [5.41, 5.74) is 0. The second-order valence-corrected chi connectivity index (χ2v) is 23.8. The topological polar surface area (TPSA) is 78.9 Å². The molecule has 81 heavy (non-hydrogen) atoms. The average Bonchev–Trinajstić information content (AvgIpc) is 3.47. The minimum absolute atomic E-state index is 0.0724. The maximum Gasteiger partial charge on any atom is 0.306 e. The van der Waals surface area contributed by atoms with E-state index >= 15 is 0 Å². The molecule has 6 heteroatoms. The highest BCUT2D eigenvalue weighted by molar-refractivity contribution is 5.71. The Labute approximate surface area is 503 Å². The molecule has 0 amide bonds. The van der Waals surface area contributed by atoms with Crippen LogP contribution in [-0.2, 0) is 28.6 Å². The first-order valence-corrected chi connectivity index (χ1v) is 35.4. The zero-order valence-electron chi connectivity index (χ0n) is 54.1. The number of unbranched alkanes of at least 4 members (excludes halogenated alkanes) is 42. The molecule has 470 valence electrons. The second kappa shape index (κ2) is 69.3. The predicted molar refractivity (Wildman–Crippen MR) is 353 cm³/mol. The molecule has 0 bridgehead atoms. The van der Waals surface area contributed by atoms with Crippen molar-refractivity contribution in [1.82, 2.24) is 0 Å². The number of esters is 3. The van der Waals surface area contributed by atoms with E-state index in [1.807, 2.05) is 0 Å². The van der Waals surface area contributed by atoms with E-state index in [0.29, 0.717) is 19.3 Å². The van der Waals surface area contributed by atoms with Gasteiger partial charge in [0.15, 0.2) is 6.10 Å². The third-order valence-corrected chi connectivity index (χ3v) is 15.7. The summed E-state index contributed by atoms with van der Waals surface area (Å²) in [6, 6.07) is 0. The molecule has 0 rings (SSSR count). The molecule has 0 N–H and O–H groups in total. The van der Waals surface area contributed by atoms with E-state index in [-0.39, 0.29) is 31.1 Å². The maximum atomic E-state index is 12.9. The van der Waals surface area contributed by atoms with Crippen LogP contribution in [0.3, 0.4) is 0 Å². The van der Waals surface area contributed by atoms with Gasteiger partial charge in [0.05, 0.1) is 0 Å². The first kappa shape index (κ1) is 77.9. The molecule has 0 aromatic carbocycles. The predicted octanol–water partition coefficient (Wildman–Crippen LogP) is 24.4. The van der Waals surface area contributed by atoms with Crippen LogP contribution in [0.1, 0.15) is 367 Å². The molecular weight excluding hydrogens is 997 g/mol. The Kier molecular flexibility index (Phi) is 66.6. The van der Waals surface area contributed by atoms with Gasteiger partial charge in [0.25, 0.3) is 0 Å². The Bertz CT molecular complexity index is 1490. The van der Waals surface area contributed by atoms with Gasteiger partial charge in [0.1, 0.15) is 13.2 Å². The van der Waals surface area contributed by atoms with Gasteiger partial charge in [-0.1, -0.05) is 331 Å². The first-order valence-electron chi connectivity index (χ1n) is 35.4. The van der Waals surface area contributed by atoms with Crippen molar-refractivity contribution in [3.05, 3.63) is 72.9 Å². The maximum absolute atomic E-state index is 12.9. The van der Waals surface area contributed by atoms with Gasteiger partial charge in [-0.2, -0.15) is 0 Å². The van der Waals surface area contributed by atoms with E-state index in [0.717, 1.165) is 96.3 Å². The van der Waals surface area contributed by atoms with Crippen LogP contribution in [0.5, 0.6) is 0 Å². The highest BCUT2D eigenvalue weighted by Gasteiger charge is 2.19. The largest absolute Gasteiger partial charge is 0.462 e. The third kappa shape index (κ3) is 67.5. The summed E-state index contributed by atoms with van der Waals surface area (Å²) in [7, 11) is 0. The quantitative estimate of drug-likeness (QED) is 0.0261. The summed E-state index contributed by atoms with van der Waals surface area (Å²) in [6.45, 7) is 6.55. The van der Waals surface area contributed by atoms with Gasteiger partial charge >= 0.3 is 17.9 Å². The van der Waals surface area contributed by atoms with Crippen LogP contribution in [0.2, 0.25) is 0 Å². The number of hydrogen-bond acceptors (Lipinski definition) is 6. The molecule has 1 unspecified atom stereocenters. The normalized spacial score (nSPS) is 12.5. The van der Waals surface area contributed by atoms with Crippen LogP contribution in [0.15, 0.2) is 72.9 Å². The molecule has 0 saturated carbocycles. The molecule has 0 aliphatic carbocycles. The fourth-order valence-electron chi connectivity index (χ4n) is 10.4. The standard InChI is InChI=1S/C75H134O6/c1-4-7-10-13-16-19-22-25-27-29-31-32-33-34-35-36-37-38-39-40-41-42-43-44-45-47-48-50-53-56-59-62-65-68-74(77)80-71-72(70-79-73(76)67-64-61-58-55-52-24-21-18-15-12-9-6-3)81-75(78)69-66-63-60-57-54-51-49-46-30-28-26-23-20-17-14-11-8-5-2/h7,10,16,19-20,23,25,27-28,30-32,72H,4-6,8-9,11-15,17-18,21-22,24,26,29,33-71H2,1-3H3/b10-7-,19-16-,23-20-,27-25-,30-28-,32-31-. The lowest BCUT2D eigenvalue weighted by atomic mass is 10.0. The van der Waals surface area contributed by atoms with Crippen LogP contribution in [0, 0.1) is 0 Å². The van der Waals surface area contributed by atoms with Gasteiger partial charge in [-0.05, 0) is 89.9 Å². The summed E-state index contributed by atoms with van der Waals surface area (Å²) >= 11 is 0. The molecule has 0 saturated heterocycles. The average molecular weight is 1130 g/mol. The summed E-state index contributed by atoms with van der Waals surface area (Å²) in [5, 5.41) is 0. The zero-order chi connectivity index (χ0) is 58.5. The molecular formula is C75H134O6. The molecule has 0 aliphatic heterocycles. The van der Waals surface area contributed by atoms with Crippen LogP contribution in [0.4, 0.5) is 0 Å². The lowest BCUT2D eigenvalue weighted by Crippen LogP contribution is -2.30. The Morgan fingerprint density at radius 2 is 0.481 bits per heavy atom. The van der Waals surface area contributed by atoms with Crippen LogP contribution in [-0.4, -0.2) is 37.2 Å². The highest BCUT2D eigenvalue weighted by atomic mass is 16.6. The van der Waals surface area contributed by atoms with Gasteiger partial charge in [0, 0.05) is 19.3 Å². The van der Waals surface area contributed by atoms with E-state index < -0.39 is 6.10 Å². The Morgan fingerprint density at radius 3 is 0.765 bits per heavy atom. The number of carbonyl (C=O) groups excluding carboxylic acids is 3. The summed E-state index contributed by atoms with van der Waals surface area (Å²) < 4.78 is 17.0. The van der Waals surface area contributed by atoms with E-state index in [1.165, 1.54) is 231 Å². The van der Waals surface area contributed by atoms with Crippen molar-refractivity contribution >= 4 is 17.9 Å². The van der Waals surface area contributed by atoms with Crippen molar-refractivity contribution in [2.45, 2.75) is 374 Å². The van der Waals surface area contributed by atoms with Gasteiger partial charge in [-0.25, -0.2) is 0 Å². The molecule has 0 aromatic heterocycles. The molecule has 0 aromatic rings. The molecule has 6 nitrogen and oxygen atoms in total. The van der Waals surface area contributed by atoms with Crippen molar-refractivity contribution in [2.75, 3.05) is 13.2 Å². The second-order valence-electron chi connectivity index (χ2n) is 23.8. The zero-order valence-corrected chi connectivity index (χ0v) is 54.1. The number of hydrogen-bond donors (Lipinski definition) is 0. The van der Waals surface area contributed by atoms with Crippen molar-refractivity contribution in [3.63, 3.8) is 0 Å². The molecule has 0 spiro atoms. The Balaban J connectivity index is 4.13. The fraction of sp³-hybridized carbons (Fsp3) is 0.800. The third-order valence-electron chi connectivity index (χ3n) is 15.7. The number of ether oxygens (including phenoxy) is 3. The molecule has 0 radical (unpaired) electrons. The van der Waals surface area contributed by atoms with E-state index in [1.54, 1.807) is 0 Å². The minimum atomic E-state index is -0.776. The minimum Gasteiger partial charge on any atom is -0.462 e. The lowest BCUT2D eigenvalue weighted by Gasteiger charge is -2.18. The highest BCUT2D eigenvalue weighted by Crippen LogP contribution is 2.18. The molecule has 0 heterocycles. The first-order chi connectivity index (χ1) is 40.0. The SMILES string of the molecule is CC/C=C\C/C=C\C/C=C\C/C=C\CCCCCCCCCCCCCCCCCCCCCCC(=O)OCC(COC(=O)CCCCCCCCCCCCCC)OC(=O)CCCCCCCCC/C=C\C/C=C\CCCCCC. The van der Waals surface area contributed by atoms with E-state index in [4.69, 9.17) is 14.2 Å².